The monoisotopic (exact) mass is 698 g/mol. The molecule has 0 bridgehead atoms. The number of nitrogens with zero attached hydrogens (tertiary/aromatic N) is 4. The van der Waals surface area contributed by atoms with Crippen LogP contribution in [0.3, 0.4) is 0 Å². The lowest BCUT2D eigenvalue weighted by molar-refractivity contribution is -0.770. The summed E-state index contributed by atoms with van der Waals surface area (Å²) in [7, 11) is -2.43. The van der Waals surface area contributed by atoms with Crippen molar-refractivity contribution in [3.05, 3.63) is 102 Å². The number of piperazine rings is 1. The second-order valence-electron chi connectivity index (χ2n) is 11.9. The van der Waals surface area contributed by atoms with E-state index < -0.39 is 61.4 Å². The van der Waals surface area contributed by atoms with Crippen LogP contribution in [-0.4, -0.2) is 73.9 Å². The fourth-order valence-corrected chi connectivity index (χ4v) is 9.29. The fourth-order valence-electron chi connectivity index (χ4n) is 7.20. The lowest BCUT2D eigenvalue weighted by Gasteiger charge is -2.53. The molecule has 1 saturated heterocycles. The maximum absolute atomic E-state index is 15.4. The molecule has 4 aromatic rings. The number of ether oxygens (including phenoxy) is 3. The summed E-state index contributed by atoms with van der Waals surface area (Å²) in [6.45, 7) is 3.01. The molecule has 50 heavy (non-hydrogen) atoms. The molecule has 5 atom stereocenters. The Labute approximate surface area is 289 Å². The van der Waals surface area contributed by atoms with Gasteiger partial charge >= 0.3 is 16.1 Å². The van der Waals surface area contributed by atoms with Crippen LogP contribution in [-0.2, 0) is 14.8 Å². The van der Waals surface area contributed by atoms with Crippen LogP contribution in [0.4, 0.5) is 16.3 Å². The number of hydrogen-bond donors (Lipinski definition) is 2. The number of benzene rings is 3. The van der Waals surface area contributed by atoms with Crippen LogP contribution in [0.1, 0.15) is 35.7 Å². The number of amides is 2. The number of nitriles is 1. The number of carboxylic acid groups (broad SMARTS) is 1. The van der Waals surface area contributed by atoms with Crippen LogP contribution >= 0.6 is 0 Å². The molecule has 258 valence electrons. The van der Waals surface area contributed by atoms with Crippen molar-refractivity contribution in [3.8, 4) is 23.3 Å². The first kappa shape index (κ1) is 34.2. The normalized spacial score (nSPS) is 22.9. The van der Waals surface area contributed by atoms with Crippen molar-refractivity contribution in [2.24, 2.45) is 0 Å². The maximum atomic E-state index is 15.4. The van der Waals surface area contributed by atoms with Crippen molar-refractivity contribution < 1.29 is 41.2 Å². The van der Waals surface area contributed by atoms with Gasteiger partial charge < -0.3 is 29.5 Å². The molecule has 1 aromatic heterocycles. The lowest BCUT2D eigenvalue weighted by atomic mass is 9.80. The number of nitrogens with one attached hydrogen (secondary N) is 1. The molecule has 0 aliphatic carbocycles. The molecule has 3 aromatic carbocycles. The SMILES string of the molecule is CCOc1ccccc1C1C(C2C(=O)Nc3ccccc32)[N+](C(=O)O)(S(=O)(=O)c2ccc(OC)cc2OC)CC(C#N)N1c1cccc(C)n1. The van der Waals surface area contributed by atoms with E-state index in [1.807, 2.05) is 0 Å². The van der Waals surface area contributed by atoms with E-state index in [0.717, 1.165) is 0 Å². The molecule has 3 heterocycles. The Kier molecular flexibility index (Phi) is 9.13. The molecule has 13 nitrogen and oxygen atoms in total. The Morgan fingerprint density at radius 2 is 1.74 bits per heavy atom. The molecule has 2 aliphatic rings. The van der Waals surface area contributed by atoms with Gasteiger partial charge in [0.15, 0.2) is 17.0 Å². The van der Waals surface area contributed by atoms with E-state index in [2.05, 4.69) is 11.4 Å². The Hall–Kier alpha value is -5.65. The smallest absolute Gasteiger partial charge is 0.497 e. The van der Waals surface area contributed by atoms with Crippen molar-refractivity contribution in [3.63, 3.8) is 0 Å². The number of methoxy groups -OCH3 is 2. The molecule has 14 heteroatoms. The Morgan fingerprint density at radius 3 is 2.40 bits per heavy atom. The Bertz CT molecular complexity index is 2120. The summed E-state index contributed by atoms with van der Waals surface area (Å²) in [5, 5.41) is 25.2. The first-order chi connectivity index (χ1) is 24.0. The Morgan fingerprint density at radius 1 is 1.02 bits per heavy atom. The number of hydrogen-bond acceptors (Lipinski definition) is 10. The van der Waals surface area contributed by atoms with Gasteiger partial charge in [-0.1, -0.05) is 42.5 Å². The number of quaternary nitrogens is 1. The average molecular weight is 699 g/mol. The molecule has 0 spiro atoms. The van der Waals surface area contributed by atoms with E-state index in [0.29, 0.717) is 34.1 Å². The van der Waals surface area contributed by atoms with Gasteiger partial charge in [0.05, 0.1) is 26.9 Å². The quantitative estimate of drug-likeness (QED) is 0.219. The van der Waals surface area contributed by atoms with Crippen molar-refractivity contribution in [1.82, 2.24) is 4.98 Å². The number of aromatic nitrogens is 1. The van der Waals surface area contributed by atoms with E-state index in [-0.39, 0.29) is 18.1 Å². The standard InChI is InChI=1S/C36H35N5O8S/c1-5-49-28-15-9-7-13-26(28)33-34(32-25-12-6-8-14-27(25)39-35(32)42)41(36(43)44,21-23(20-37)40(33)31-16-10-11-22(2)38-31)50(45,46)30-18-17-24(47-3)19-29(30)48-4/h6-19,23,32-34H,5,21H2,1-4H3,(H-,39,42,43,44)/p+1. The van der Waals surface area contributed by atoms with E-state index in [9.17, 15) is 20.0 Å². The van der Waals surface area contributed by atoms with Crippen molar-refractivity contribution in [1.29, 1.82) is 5.26 Å². The zero-order valence-electron chi connectivity index (χ0n) is 27.8. The topological polar surface area (TPSA) is 168 Å². The van der Waals surface area contributed by atoms with Crippen LogP contribution < -0.4 is 24.4 Å². The first-order valence-electron chi connectivity index (χ1n) is 15.9. The summed E-state index contributed by atoms with van der Waals surface area (Å²) in [5.74, 6) is -1.20. The molecule has 2 amide bonds. The predicted octanol–water partition coefficient (Wildman–Crippen LogP) is 5.25. The van der Waals surface area contributed by atoms with Gasteiger partial charge in [0.1, 0.15) is 41.6 Å². The average Bonchev–Trinajstić information content (AvgIpc) is 3.45. The lowest BCUT2D eigenvalue weighted by Crippen LogP contribution is -2.75. The molecule has 2 aliphatic heterocycles. The van der Waals surface area contributed by atoms with Gasteiger partial charge in [-0.2, -0.15) is 18.5 Å². The zero-order chi connectivity index (χ0) is 35.8. The molecule has 2 N–H and O–H groups in total. The van der Waals surface area contributed by atoms with Gasteiger partial charge in [-0.15, -0.1) is 3.89 Å². The number of pyridine rings is 1. The third-order valence-corrected chi connectivity index (χ3v) is 11.6. The summed E-state index contributed by atoms with van der Waals surface area (Å²) in [5.41, 5.74) is 1.82. The maximum Gasteiger partial charge on any atom is 0.530 e. The summed E-state index contributed by atoms with van der Waals surface area (Å²) in [6, 6.07) is 20.7. The van der Waals surface area contributed by atoms with Crippen LogP contribution in [0.25, 0.3) is 0 Å². The number of para-hydroxylation sites is 2. The minimum Gasteiger partial charge on any atom is -0.497 e. The van der Waals surface area contributed by atoms with Gasteiger partial charge in [0, 0.05) is 23.0 Å². The molecular formula is C36H36N5O8S+. The highest BCUT2D eigenvalue weighted by molar-refractivity contribution is 7.86. The second kappa shape index (κ2) is 13.3. The minimum absolute atomic E-state index is 0.166. The summed E-state index contributed by atoms with van der Waals surface area (Å²) >= 11 is 0. The number of fused-ring (bicyclic) bond motifs is 1. The number of carbonyl (C=O) groups excluding carboxylic acids is 1. The van der Waals surface area contributed by atoms with Crippen LogP contribution in [0.15, 0.2) is 89.8 Å². The molecule has 1 fully saturated rings. The van der Waals surface area contributed by atoms with Gasteiger partial charge in [-0.05, 0) is 55.8 Å². The zero-order valence-corrected chi connectivity index (χ0v) is 28.6. The van der Waals surface area contributed by atoms with Crippen molar-refractivity contribution in [2.75, 3.05) is 37.6 Å². The third kappa shape index (κ3) is 5.35. The van der Waals surface area contributed by atoms with Crippen molar-refractivity contribution in [2.45, 2.75) is 42.8 Å². The van der Waals surface area contributed by atoms with Gasteiger partial charge in [0.25, 0.3) is 0 Å². The number of carbonyl (C=O) groups is 2. The second-order valence-corrected chi connectivity index (χ2v) is 13.9. The van der Waals surface area contributed by atoms with E-state index in [4.69, 9.17) is 19.2 Å². The van der Waals surface area contributed by atoms with E-state index >= 15 is 8.42 Å². The summed E-state index contributed by atoms with van der Waals surface area (Å²) in [6.07, 6.45) is -1.78. The van der Waals surface area contributed by atoms with Crippen LogP contribution in [0.5, 0.6) is 17.2 Å². The van der Waals surface area contributed by atoms with Crippen LogP contribution in [0.2, 0.25) is 0 Å². The molecule has 0 radical (unpaired) electrons. The number of anilines is 2. The number of aryl methyl sites for hydroxylation is 1. The van der Waals surface area contributed by atoms with Crippen LogP contribution in [0, 0.1) is 18.3 Å². The van der Waals surface area contributed by atoms with Gasteiger partial charge in [-0.25, -0.2) is 4.98 Å². The Balaban J connectivity index is 1.77. The number of sulfonamides is 1. The minimum atomic E-state index is -5.09. The van der Waals surface area contributed by atoms with E-state index in [1.165, 1.54) is 32.4 Å². The highest BCUT2D eigenvalue weighted by Gasteiger charge is 2.70. The predicted molar refractivity (Wildman–Crippen MR) is 183 cm³/mol. The molecule has 6 rings (SSSR count). The highest BCUT2D eigenvalue weighted by Crippen LogP contribution is 2.54. The molecule has 0 saturated carbocycles. The molecule has 5 unspecified atom stereocenters. The summed E-state index contributed by atoms with van der Waals surface area (Å²) in [4.78, 5) is 34.3. The van der Waals surface area contributed by atoms with Crippen molar-refractivity contribution >= 4 is 33.5 Å². The first-order valence-corrected chi connectivity index (χ1v) is 17.3. The molecular weight excluding hydrogens is 662 g/mol. The highest BCUT2D eigenvalue weighted by atomic mass is 32.2. The largest absolute Gasteiger partial charge is 0.530 e. The number of rotatable bonds is 9. The van der Waals surface area contributed by atoms with E-state index in [1.54, 1.807) is 85.5 Å². The fraction of sp³-hybridized carbons (Fsp3) is 0.278. The van der Waals surface area contributed by atoms with Gasteiger partial charge in [0.2, 0.25) is 5.91 Å². The summed E-state index contributed by atoms with van der Waals surface area (Å²) < 4.78 is 46.0. The van der Waals surface area contributed by atoms with Gasteiger partial charge in [-0.3, -0.25) is 4.79 Å². The third-order valence-electron chi connectivity index (χ3n) is 9.29.